The normalized spacial score (nSPS) is 17.3. The molecule has 0 radical (unpaired) electrons. The number of fused-ring (bicyclic) bond motifs is 2. The smallest absolute Gasteiger partial charge is 0.253 e. The van der Waals surface area contributed by atoms with Gasteiger partial charge < -0.3 is 14.2 Å². The van der Waals surface area contributed by atoms with Gasteiger partial charge in [0.1, 0.15) is 11.6 Å². The van der Waals surface area contributed by atoms with Crippen molar-refractivity contribution in [1.29, 1.82) is 0 Å². The van der Waals surface area contributed by atoms with Gasteiger partial charge in [-0.15, -0.1) is 0 Å². The molecule has 1 spiro atoms. The molecular weight excluding hydrogens is 362 g/mol. The highest BCUT2D eigenvalue weighted by molar-refractivity contribution is 5.94. The number of carbonyl (C=O) groups is 1. The molecule has 0 bridgehead atoms. The maximum atomic E-state index is 12.9. The van der Waals surface area contributed by atoms with E-state index in [-0.39, 0.29) is 11.3 Å². The van der Waals surface area contributed by atoms with Gasteiger partial charge in [-0.05, 0) is 49.1 Å². The number of imidazole rings is 1. The molecule has 2 aliphatic heterocycles. The van der Waals surface area contributed by atoms with E-state index >= 15 is 0 Å². The van der Waals surface area contributed by atoms with Crippen LogP contribution in [-0.2, 0) is 12.0 Å². The number of likely N-dealkylation sites (tertiary alicyclic amines) is 1. The highest BCUT2D eigenvalue weighted by atomic mass is 16.5. The molecule has 0 N–H and O–H groups in total. The predicted molar refractivity (Wildman–Crippen MR) is 112 cm³/mol. The number of nitrogens with zero attached hydrogens (tertiary/aromatic N) is 3. The number of rotatable bonds is 3. The van der Waals surface area contributed by atoms with Gasteiger partial charge in [0.05, 0.1) is 19.0 Å². The minimum absolute atomic E-state index is 0.101. The third kappa shape index (κ3) is 3.01. The Balaban J connectivity index is 1.32. The Bertz CT molecular complexity index is 1020. The lowest BCUT2D eigenvalue weighted by atomic mass is 9.76. The number of amides is 1. The van der Waals surface area contributed by atoms with Crippen molar-refractivity contribution < 1.29 is 9.53 Å². The number of methoxy groups -OCH3 is 1. The minimum Gasteiger partial charge on any atom is -0.497 e. The number of benzene rings is 2. The first-order chi connectivity index (χ1) is 14.2. The first kappa shape index (κ1) is 18.0. The van der Waals surface area contributed by atoms with Crippen molar-refractivity contribution in [3.8, 4) is 17.0 Å². The second-order valence-corrected chi connectivity index (χ2v) is 8.04. The first-order valence-electron chi connectivity index (χ1n) is 10.2. The summed E-state index contributed by atoms with van der Waals surface area (Å²) in [5.41, 5.74) is 3.25. The van der Waals surface area contributed by atoms with Crippen LogP contribution >= 0.6 is 0 Å². The average Bonchev–Trinajstić information content (AvgIpc) is 3.36. The van der Waals surface area contributed by atoms with Crippen LogP contribution in [0.2, 0.25) is 0 Å². The summed E-state index contributed by atoms with van der Waals surface area (Å²) in [6.45, 7) is 2.56. The largest absolute Gasteiger partial charge is 0.497 e. The van der Waals surface area contributed by atoms with Crippen molar-refractivity contribution in [2.24, 2.45) is 0 Å². The topological polar surface area (TPSA) is 47.4 Å². The molecule has 0 saturated carbocycles. The third-order valence-electron chi connectivity index (χ3n) is 6.56. The molecule has 3 aromatic rings. The average molecular weight is 387 g/mol. The molecule has 1 saturated heterocycles. The fourth-order valence-electron chi connectivity index (χ4n) is 4.83. The van der Waals surface area contributed by atoms with E-state index in [4.69, 9.17) is 9.72 Å². The van der Waals surface area contributed by atoms with E-state index in [9.17, 15) is 4.79 Å². The van der Waals surface area contributed by atoms with E-state index in [0.29, 0.717) is 0 Å². The van der Waals surface area contributed by atoms with Crippen molar-refractivity contribution >= 4 is 5.91 Å². The van der Waals surface area contributed by atoms with Gasteiger partial charge in [0.25, 0.3) is 5.91 Å². The molecule has 1 aromatic heterocycles. The van der Waals surface area contributed by atoms with Gasteiger partial charge in [-0.1, -0.05) is 30.3 Å². The van der Waals surface area contributed by atoms with E-state index in [1.807, 2.05) is 41.4 Å². The molecule has 5 rings (SSSR count). The second kappa shape index (κ2) is 7.07. The molecule has 5 nitrogen and oxygen atoms in total. The summed E-state index contributed by atoms with van der Waals surface area (Å²) in [6.07, 6.45) is 5.07. The molecule has 29 heavy (non-hydrogen) atoms. The van der Waals surface area contributed by atoms with Gasteiger partial charge in [0, 0.05) is 30.6 Å². The number of hydrogen-bond donors (Lipinski definition) is 0. The van der Waals surface area contributed by atoms with Gasteiger partial charge in [0.2, 0.25) is 0 Å². The summed E-state index contributed by atoms with van der Waals surface area (Å²) in [5, 5.41) is 0. The highest BCUT2D eigenvalue weighted by Gasteiger charge is 2.44. The van der Waals surface area contributed by atoms with E-state index < -0.39 is 0 Å². The van der Waals surface area contributed by atoms with E-state index in [0.717, 1.165) is 50.2 Å². The number of ether oxygens (including phenoxy) is 1. The van der Waals surface area contributed by atoms with Crippen molar-refractivity contribution in [1.82, 2.24) is 14.5 Å². The lowest BCUT2D eigenvalue weighted by molar-refractivity contribution is 0.0663. The van der Waals surface area contributed by atoms with E-state index in [1.54, 1.807) is 7.11 Å². The molecule has 0 aliphatic carbocycles. The van der Waals surface area contributed by atoms with Gasteiger partial charge in [-0.2, -0.15) is 0 Å². The van der Waals surface area contributed by atoms with Gasteiger partial charge in [-0.25, -0.2) is 4.98 Å². The molecule has 2 aromatic carbocycles. The van der Waals surface area contributed by atoms with Crippen LogP contribution in [0.25, 0.3) is 11.3 Å². The van der Waals surface area contributed by atoms with Gasteiger partial charge in [-0.3, -0.25) is 4.79 Å². The molecular formula is C24H25N3O2. The van der Waals surface area contributed by atoms with Crippen molar-refractivity contribution in [3.05, 3.63) is 72.2 Å². The van der Waals surface area contributed by atoms with Crippen LogP contribution in [0.15, 0.2) is 60.8 Å². The maximum Gasteiger partial charge on any atom is 0.253 e. The third-order valence-corrected chi connectivity index (χ3v) is 6.56. The van der Waals surface area contributed by atoms with Gasteiger partial charge >= 0.3 is 0 Å². The zero-order valence-corrected chi connectivity index (χ0v) is 16.7. The number of piperidine rings is 1. The molecule has 1 amide bonds. The van der Waals surface area contributed by atoms with Crippen LogP contribution in [0, 0.1) is 0 Å². The summed E-state index contributed by atoms with van der Waals surface area (Å²) in [5.74, 6) is 2.08. The summed E-state index contributed by atoms with van der Waals surface area (Å²) in [4.78, 5) is 19.7. The van der Waals surface area contributed by atoms with Crippen molar-refractivity contribution in [2.45, 2.75) is 31.2 Å². The fourth-order valence-corrected chi connectivity index (χ4v) is 4.83. The molecule has 0 atom stereocenters. The first-order valence-corrected chi connectivity index (χ1v) is 10.2. The summed E-state index contributed by atoms with van der Waals surface area (Å²) < 4.78 is 7.58. The quantitative estimate of drug-likeness (QED) is 0.679. The molecule has 148 valence electrons. The van der Waals surface area contributed by atoms with Crippen LogP contribution in [0.1, 0.15) is 35.4 Å². The SMILES string of the molecule is COc1ccc(C(=O)N2CCC3(CC2)CCn2c(-c4ccccc4)cnc23)cc1. The van der Waals surface area contributed by atoms with Crippen LogP contribution in [0.5, 0.6) is 5.75 Å². The van der Waals surface area contributed by atoms with Crippen LogP contribution in [0.4, 0.5) is 0 Å². The van der Waals surface area contributed by atoms with E-state index in [1.165, 1.54) is 17.1 Å². The summed E-state index contributed by atoms with van der Waals surface area (Å²) >= 11 is 0. The number of aromatic nitrogens is 2. The van der Waals surface area contributed by atoms with Crippen LogP contribution in [0.3, 0.4) is 0 Å². The molecule has 0 unspecified atom stereocenters. The Labute approximate surface area is 170 Å². The molecule has 1 fully saturated rings. The zero-order chi connectivity index (χ0) is 19.8. The molecule has 2 aliphatic rings. The molecule has 3 heterocycles. The second-order valence-electron chi connectivity index (χ2n) is 8.04. The van der Waals surface area contributed by atoms with Crippen LogP contribution in [-0.4, -0.2) is 40.6 Å². The Hall–Kier alpha value is -3.08. The Morgan fingerprint density at radius 3 is 2.34 bits per heavy atom. The maximum absolute atomic E-state index is 12.9. The Kier molecular flexibility index (Phi) is 4.38. The lowest BCUT2D eigenvalue weighted by Gasteiger charge is -2.38. The minimum atomic E-state index is 0.101. The predicted octanol–water partition coefficient (Wildman–Crippen LogP) is 4.14. The number of carbonyl (C=O) groups excluding carboxylic acids is 1. The lowest BCUT2D eigenvalue weighted by Crippen LogP contribution is -2.44. The Morgan fingerprint density at radius 2 is 1.66 bits per heavy atom. The van der Waals surface area contributed by atoms with Crippen LogP contribution < -0.4 is 4.74 Å². The zero-order valence-electron chi connectivity index (χ0n) is 16.7. The molecule has 5 heteroatoms. The summed E-state index contributed by atoms with van der Waals surface area (Å²) in [6, 6.07) is 17.9. The number of hydrogen-bond acceptors (Lipinski definition) is 3. The van der Waals surface area contributed by atoms with Gasteiger partial charge in [0.15, 0.2) is 0 Å². The standard InChI is InChI=1S/C24H25N3O2/c1-29-20-9-7-19(8-10-20)22(28)26-14-11-24(12-15-26)13-16-27-21(17-25-23(24)27)18-5-3-2-4-6-18/h2-10,17H,11-16H2,1H3. The monoisotopic (exact) mass is 387 g/mol. The Morgan fingerprint density at radius 1 is 0.966 bits per heavy atom. The van der Waals surface area contributed by atoms with E-state index in [2.05, 4.69) is 28.8 Å². The summed E-state index contributed by atoms with van der Waals surface area (Å²) in [7, 11) is 1.63. The highest BCUT2D eigenvalue weighted by Crippen LogP contribution is 2.44. The van der Waals surface area contributed by atoms with Crippen molar-refractivity contribution in [3.63, 3.8) is 0 Å². The van der Waals surface area contributed by atoms with Crippen molar-refractivity contribution in [2.75, 3.05) is 20.2 Å². The fraction of sp³-hybridized carbons (Fsp3) is 0.333.